The van der Waals surface area contributed by atoms with Gasteiger partial charge in [-0.25, -0.2) is 0 Å². The molecule has 6 heteroatoms. The average molecular weight is 364 g/mol. The Morgan fingerprint density at radius 2 is 1.81 bits per heavy atom. The van der Waals surface area contributed by atoms with Gasteiger partial charge in [-0.05, 0) is 54.9 Å². The Kier molecular flexibility index (Phi) is 5.43. The van der Waals surface area contributed by atoms with Crippen molar-refractivity contribution in [2.45, 2.75) is 13.3 Å². The molecule has 5 nitrogen and oxygen atoms in total. The van der Waals surface area contributed by atoms with Crippen LogP contribution in [0, 0.1) is 6.92 Å². The highest BCUT2D eigenvalue weighted by Gasteiger charge is 2.12. The fraction of sp³-hybridized carbons (Fsp3) is 0.150. The summed E-state index contributed by atoms with van der Waals surface area (Å²) in [5.41, 5.74) is 4.48. The summed E-state index contributed by atoms with van der Waals surface area (Å²) in [5.74, 6) is -0.327. The smallest absolute Gasteiger partial charge is 0.277 e. The van der Waals surface area contributed by atoms with Crippen molar-refractivity contribution in [2.75, 3.05) is 5.32 Å². The minimum absolute atomic E-state index is 0.246. The molecule has 3 rings (SSSR count). The Hall–Kier alpha value is -2.99. The Balaban J connectivity index is 1.62. The van der Waals surface area contributed by atoms with Gasteiger partial charge in [0.25, 0.3) is 5.91 Å². The number of aromatic nitrogens is 2. The molecular weight excluding hydrogens is 344 g/mol. The minimum Gasteiger partial charge on any atom is -0.332 e. The molecule has 2 aromatic carbocycles. The van der Waals surface area contributed by atoms with E-state index in [-0.39, 0.29) is 11.0 Å². The standard InChI is InChI=1S/C20H20N4OS/c1-14-11-18(23-24(14)2)19(25)22-20(26)21-17-10-6-9-16(13-17)12-15-7-4-3-5-8-15/h3-11,13H,12H2,1-2H3,(H2,21,22,25,26). The highest BCUT2D eigenvalue weighted by molar-refractivity contribution is 7.80. The maximum atomic E-state index is 12.2. The molecule has 26 heavy (non-hydrogen) atoms. The summed E-state index contributed by atoms with van der Waals surface area (Å²) in [6.45, 7) is 1.89. The molecule has 0 aliphatic carbocycles. The first-order chi connectivity index (χ1) is 12.5. The molecule has 0 bridgehead atoms. The highest BCUT2D eigenvalue weighted by Crippen LogP contribution is 2.14. The Labute approximate surface area is 158 Å². The number of carbonyl (C=O) groups excluding carboxylic acids is 1. The number of hydrogen-bond acceptors (Lipinski definition) is 3. The van der Waals surface area contributed by atoms with Gasteiger partial charge >= 0.3 is 0 Å². The van der Waals surface area contributed by atoms with E-state index in [9.17, 15) is 4.79 Å². The first-order valence-corrected chi connectivity index (χ1v) is 8.68. The number of hydrogen-bond donors (Lipinski definition) is 2. The number of anilines is 1. The lowest BCUT2D eigenvalue weighted by Gasteiger charge is -2.10. The van der Waals surface area contributed by atoms with Crippen LogP contribution in [0.25, 0.3) is 0 Å². The van der Waals surface area contributed by atoms with Crippen LogP contribution in [0.15, 0.2) is 60.7 Å². The van der Waals surface area contributed by atoms with Crippen molar-refractivity contribution in [3.05, 3.63) is 83.2 Å². The van der Waals surface area contributed by atoms with Crippen LogP contribution in [0.2, 0.25) is 0 Å². The van der Waals surface area contributed by atoms with E-state index in [2.05, 4.69) is 33.9 Å². The second-order valence-corrected chi connectivity index (χ2v) is 6.47. The molecule has 0 spiro atoms. The monoisotopic (exact) mass is 364 g/mol. The summed E-state index contributed by atoms with van der Waals surface area (Å²) >= 11 is 5.25. The van der Waals surface area contributed by atoms with Gasteiger partial charge in [-0.3, -0.25) is 14.8 Å². The maximum Gasteiger partial charge on any atom is 0.277 e. The van der Waals surface area contributed by atoms with Gasteiger partial charge in [-0.15, -0.1) is 0 Å². The molecule has 0 saturated carbocycles. The summed E-state index contributed by atoms with van der Waals surface area (Å²) in [4.78, 5) is 12.2. The zero-order chi connectivity index (χ0) is 18.5. The zero-order valence-electron chi connectivity index (χ0n) is 14.7. The number of nitrogens with zero attached hydrogens (tertiary/aromatic N) is 2. The summed E-state index contributed by atoms with van der Waals surface area (Å²) in [7, 11) is 1.79. The van der Waals surface area contributed by atoms with Crippen LogP contribution < -0.4 is 10.6 Å². The molecule has 0 radical (unpaired) electrons. The van der Waals surface area contributed by atoms with Gasteiger partial charge in [0.15, 0.2) is 10.8 Å². The number of rotatable bonds is 4. The predicted octanol–water partition coefficient (Wildman–Crippen LogP) is 3.45. The van der Waals surface area contributed by atoms with Crippen LogP contribution in [0.3, 0.4) is 0 Å². The molecule has 3 aromatic rings. The topological polar surface area (TPSA) is 59.0 Å². The van der Waals surface area contributed by atoms with E-state index >= 15 is 0 Å². The fourth-order valence-corrected chi connectivity index (χ4v) is 2.80. The molecule has 0 saturated heterocycles. The Bertz CT molecular complexity index is 914. The SMILES string of the molecule is Cc1cc(C(=O)NC(=S)Nc2cccc(Cc3ccccc3)c2)nn1C. The fourth-order valence-electron chi connectivity index (χ4n) is 2.59. The van der Waals surface area contributed by atoms with E-state index in [1.165, 1.54) is 5.56 Å². The van der Waals surface area contributed by atoms with Gasteiger partial charge in [0, 0.05) is 18.4 Å². The molecule has 0 aliphatic rings. The van der Waals surface area contributed by atoms with Crippen molar-refractivity contribution in [3.8, 4) is 0 Å². The summed E-state index contributed by atoms with van der Waals surface area (Å²) < 4.78 is 1.65. The second kappa shape index (κ2) is 7.93. The van der Waals surface area contributed by atoms with E-state index in [1.807, 2.05) is 43.3 Å². The lowest BCUT2D eigenvalue weighted by molar-refractivity contribution is 0.0972. The molecule has 0 fully saturated rings. The first-order valence-electron chi connectivity index (χ1n) is 8.27. The summed E-state index contributed by atoms with van der Waals surface area (Å²) in [6, 6.07) is 19.9. The van der Waals surface area contributed by atoms with Gasteiger partial charge < -0.3 is 5.32 Å². The summed E-state index contributed by atoms with van der Waals surface area (Å²) in [5, 5.41) is 10.1. The van der Waals surface area contributed by atoms with Crippen molar-refractivity contribution in [1.29, 1.82) is 0 Å². The quantitative estimate of drug-likeness (QED) is 0.696. The van der Waals surface area contributed by atoms with Crippen LogP contribution in [-0.2, 0) is 13.5 Å². The second-order valence-electron chi connectivity index (χ2n) is 6.07. The molecule has 2 N–H and O–H groups in total. The first kappa shape index (κ1) is 17.8. The van der Waals surface area contributed by atoms with Crippen LogP contribution in [0.1, 0.15) is 27.3 Å². The van der Waals surface area contributed by atoms with Crippen LogP contribution in [0.4, 0.5) is 5.69 Å². The third-order valence-corrected chi connectivity index (χ3v) is 4.21. The number of benzene rings is 2. The minimum atomic E-state index is -0.327. The largest absolute Gasteiger partial charge is 0.332 e. The van der Waals surface area contributed by atoms with Crippen molar-refractivity contribution in [2.24, 2.45) is 7.05 Å². The number of nitrogens with one attached hydrogen (secondary N) is 2. The van der Waals surface area contributed by atoms with Crippen molar-refractivity contribution < 1.29 is 4.79 Å². The molecule has 0 unspecified atom stereocenters. The number of thiocarbonyl (C=S) groups is 1. The van der Waals surface area contributed by atoms with E-state index in [4.69, 9.17) is 12.2 Å². The van der Waals surface area contributed by atoms with Crippen molar-refractivity contribution in [3.63, 3.8) is 0 Å². The average Bonchev–Trinajstić information content (AvgIpc) is 2.95. The zero-order valence-corrected chi connectivity index (χ0v) is 15.5. The number of amides is 1. The molecule has 0 aliphatic heterocycles. The highest BCUT2D eigenvalue weighted by atomic mass is 32.1. The van der Waals surface area contributed by atoms with Gasteiger partial charge in [0.05, 0.1) is 0 Å². The van der Waals surface area contributed by atoms with Gasteiger partial charge in [-0.1, -0.05) is 42.5 Å². The van der Waals surface area contributed by atoms with Gasteiger partial charge in [-0.2, -0.15) is 5.10 Å². The van der Waals surface area contributed by atoms with E-state index in [0.717, 1.165) is 23.4 Å². The Morgan fingerprint density at radius 3 is 2.50 bits per heavy atom. The number of carbonyl (C=O) groups is 1. The molecule has 1 aromatic heterocycles. The van der Waals surface area contributed by atoms with E-state index < -0.39 is 0 Å². The van der Waals surface area contributed by atoms with E-state index in [1.54, 1.807) is 17.8 Å². The Morgan fingerprint density at radius 1 is 1.08 bits per heavy atom. The van der Waals surface area contributed by atoms with E-state index in [0.29, 0.717) is 5.69 Å². The lowest BCUT2D eigenvalue weighted by Crippen LogP contribution is -2.34. The normalized spacial score (nSPS) is 10.4. The van der Waals surface area contributed by atoms with Gasteiger partial charge in [0.1, 0.15) is 0 Å². The molecule has 1 amide bonds. The van der Waals surface area contributed by atoms with Gasteiger partial charge in [0.2, 0.25) is 0 Å². The predicted molar refractivity (Wildman–Crippen MR) is 107 cm³/mol. The van der Waals surface area contributed by atoms with Crippen LogP contribution in [-0.4, -0.2) is 20.8 Å². The molecule has 1 heterocycles. The van der Waals surface area contributed by atoms with Crippen molar-refractivity contribution >= 4 is 28.9 Å². The lowest BCUT2D eigenvalue weighted by atomic mass is 10.0. The summed E-state index contributed by atoms with van der Waals surface area (Å²) in [6.07, 6.45) is 0.836. The third-order valence-electron chi connectivity index (χ3n) is 4.01. The number of aryl methyl sites for hydroxylation is 2. The van der Waals surface area contributed by atoms with Crippen LogP contribution in [0.5, 0.6) is 0 Å². The molecule has 132 valence electrons. The third kappa shape index (κ3) is 4.55. The van der Waals surface area contributed by atoms with Crippen LogP contribution >= 0.6 is 12.2 Å². The molecular formula is C20H20N4OS. The maximum absolute atomic E-state index is 12.2. The van der Waals surface area contributed by atoms with Crippen molar-refractivity contribution in [1.82, 2.24) is 15.1 Å². The molecule has 0 atom stereocenters.